The number of hydrogen-bond donors (Lipinski definition) is 2. The molecule has 0 aromatic heterocycles. The highest BCUT2D eigenvalue weighted by Crippen LogP contribution is 2.27. The number of nitrogens with two attached hydrogens (primary N) is 1. The number of rotatable bonds is 4. The van der Waals surface area contributed by atoms with Crippen molar-refractivity contribution in [2.24, 2.45) is 11.7 Å². The van der Waals surface area contributed by atoms with E-state index < -0.39 is 0 Å². The number of likely N-dealkylation sites (tertiary alicyclic amines) is 1. The van der Waals surface area contributed by atoms with Crippen molar-refractivity contribution in [2.75, 3.05) is 19.6 Å². The van der Waals surface area contributed by atoms with Gasteiger partial charge in [0.15, 0.2) is 0 Å². The zero-order chi connectivity index (χ0) is 11.6. The van der Waals surface area contributed by atoms with Crippen LogP contribution < -0.4 is 11.1 Å². The SMILES string of the molecule is CCNC(=O)C(C)N1CC(N)(C(C)C)C1. The van der Waals surface area contributed by atoms with Crippen LogP contribution in [0.2, 0.25) is 0 Å². The molecule has 0 aromatic rings. The molecule has 88 valence electrons. The van der Waals surface area contributed by atoms with Crippen LogP contribution in [0.1, 0.15) is 27.7 Å². The average molecular weight is 213 g/mol. The van der Waals surface area contributed by atoms with E-state index in [2.05, 4.69) is 24.1 Å². The van der Waals surface area contributed by atoms with Crippen LogP contribution in [0.5, 0.6) is 0 Å². The van der Waals surface area contributed by atoms with E-state index in [-0.39, 0.29) is 17.5 Å². The molecule has 1 rings (SSSR count). The molecule has 0 radical (unpaired) electrons. The van der Waals surface area contributed by atoms with Crippen LogP contribution in [-0.2, 0) is 4.79 Å². The van der Waals surface area contributed by atoms with Gasteiger partial charge in [-0.05, 0) is 19.8 Å². The summed E-state index contributed by atoms with van der Waals surface area (Å²) in [5, 5.41) is 2.83. The lowest BCUT2D eigenvalue weighted by molar-refractivity contribution is -0.129. The van der Waals surface area contributed by atoms with Gasteiger partial charge in [0.05, 0.1) is 6.04 Å². The van der Waals surface area contributed by atoms with E-state index in [0.717, 1.165) is 13.1 Å². The van der Waals surface area contributed by atoms with Gasteiger partial charge in [-0.25, -0.2) is 0 Å². The minimum absolute atomic E-state index is 0.0552. The van der Waals surface area contributed by atoms with Gasteiger partial charge in [0.25, 0.3) is 0 Å². The van der Waals surface area contributed by atoms with Crippen molar-refractivity contribution in [3.8, 4) is 0 Å². The number of nitrogens with zero attached hydrogens (tertiary/aromatic N) is 1. The molecule has 0 spiro atoms. The Kier molecular flexibility index (Phi) is 3.73. The second-order valence-electron chi connectivity index (χ2n) is 4.86. The largest absolute Gasteiger partial charge is 0.355 e. The number of likely N-dealkylation sites (N-methyl/N-ethyl adjacent to an activating group) is 1. The molecule has 1 fully saturated rings. The molecule has 0 bridgehead atoms. The summed E-state index contributed by atoms with van der Waals surface area (Å²) in [6.45, 7) is 10.5. The van der Waals surface area contributed by atoms with Gasteiger partial charge in [-0.1, -0.05) is 13.8 Å². The van der Waals surface area contributed by atoms with E-state index in [9.17, 15) is 4.79 Å². The molecule has 4 nitrogen and oxygen atoms in total. The fourth-order valence-corrected chi connectivity index (χ4v) is 1.84. The Bertz CT molecular complexity index is 234. The Morgan fingerprint density at radius 3 is 2.40 bits per heavy atom. The number of hydrogen-bond acceptors (Lipinski definition) is 3. The first-order chi connectivity index (χ1) is 6.90. The summed E-state index contributed by atoms with van der Waals surface area (Å²) in [5.74, 6) is 0.568. The van der Waals surface area contributed by atoms with Crippen LogP contribution in [0.4, 0.5) is 0 Å². The lowest BCUT2D eigenvalue weighted by Crippen LogP contribution is -2.72. The summed E-state index contributed by atoms with van der Waals surface area (Å²) in [7, 11) is 0. The monoisotopic (exact) mass is 213 g/mol. The Labute approximate surface area is 92.2 Å². The maximum atomic E-state index is 11.6. The van der Waals surface area contributed by atoms with Gasteiger partial charge < -0.3 is 11.1 Å². The van der Waals surface area contributed by atoms with Crippen LogP contribution in [-0.4, -0.2) is 42.0 Å². The summed E-state index contributed by atoms with van der Waals surface area (Å²) in [6.07, 6.45) is 0. The number of carbonyl (C=O) groups excluding carboxylic acids is 1. The highest BCUT2D eigenvalue weighted by molar-refractivity contribution is 5.81. The lowest BCUT2D eigenvalue weighted by Gasteiger charge is -2.52. The maximum Gasteiger partial charge on any atom is 0.237 e. The van der Waals surface area contributed by atoms with Crippen LogP contribution in [0, 0.1) is 5.92 Å². The highest BCUT2D eigenvalue weighted by atomic mass is 16.2. The third-order valence-corrected chi connectivity index (χ3v) is 3.42. The second-order valence-corrected chi connectivity index (χ2v) is 4.86. The van der Waals surface area contributed by atoms with Crippen molar-refractivity contribution in [3.63, 3.8) is 0 Å². The third-order valence-electron chi connectivity index (χ3n) is 3.42. The average Bonchev–Trinajstić information content (AvgIpc) is 2.11. The van der Waals surface area contributed by atoms with Crippen molar-refractivity contribution in [2.45, 2.75) is 39.3 Å². The normalized spacial score (nSPS) is 22.3. The van der Waals surface area contributed by atoms with Crippen LogP contribution in [0.15, 0.2) is 0 Å². The Morgan fingerprint density at radius 2 is 2.00 bits per heavy atom. The summed E-state index contributed by atoms with van der Waals surface area (Å²) >= 11 is 0. The lowest BCUT2D eigenvalue weighted by atomic mass is 9.79. The first-order valence-corrected chi connectivity index (χ1v) is 5.71. The van der Waals surface area contributed by atoms with Crippen LogP contribution >= 0.6 is 0 Å². The molecule has 1 atom stereocenters. The molecule has 4 heteroatoms. The molecular formula is C11H23N3O. The molecule has 15 heavy (non-hydrogen) atoms. The van der Waals surface area contributed by atoms with Gasteiger partial charge in [0, 0.05) is 25.2 Å². The molecule has 1 unspecified atom stereocenters. The van der Waals surface area contributed by atoms with E-state index in [0.29, 0.717) is 12.5 Å². The predicted octanol–water partition coefficient (Wildman–Crippen LogP) is 0.180. The van der Waals surface area contributed by atoms with Gasteiger partial charge in [-0.15, -0.1) is 0 Å². The Balaban J connectivity index is 2.41. The summed E-state index contributed by atoms with van der Waals surface area (Å²) < 4.78 is 0. The van der Waals surface area contributed by atoms with Crippen molar-refractivity contribution < 1.29 is 4.79 Å². The van der Waals surface area contributed by atoms with E-state index in [4.69, 9.17) is 5.73 Å². The molecule has 0 aliphatic carbocycles. The minimum Gasteiger partial charge on any atom is -0.355 e. The van der Waals surface area contributed by atoms with Crippen molar-refractivity contribution in [3.05, 3.63) is 0 Å². The number of nitrogens with one attached hydrogen (secondary N) is 1. The molecule has 1 aliphatic rings. The molecule has 0 aromatic carbocycles. The van der Waals surface area contributed by atoms with Crippen molar-refractivity contribution in [1.29, 1.82) is 0 Å². The first-order valence-electron chi connectivity index (χ1n) is 5.71. The van der Waals surface area contributed by atoms with Gasteiger partial charge in [0.1, 0.15) is 0 Å². The number of carbonyl (C=O) groups is 1. The van der Waals surface area contributed by atoms with Crippen LogP contribution in [0.25, 0.3) is 0 Å². The predicted molar refractivity (Wildman–Crippen MR) is 61.5 cm³/mol. The van der Waals surface area contributed by atoms with Gasteiger partial charge in [-0.2, -0.15) is 0 Å². The third kappa shape index (κ3) is 2.49. The molecule has 0 saturated carbocycles. The summed E-state index contributed by atoms with van der Waals surface area (Å²) in [4.78, 5) is 13.7. The smallest absolute Gasteiger partial charge is 0.237 e. The van der Waals surface area contributed by atoms with E-state index in [1.807, 2.05) is 13.8 Å². The van der Waals surface area contributed by atoms with E-state index in [1.165, 1.54) is 0 Å². The molecule has 1 heterocycles. The Morgan fingerprint density at radius 1 is 1.47 bits per heavy atom. The minimum atomic E-state index is -0.0965. The zero-order valence-electron chi connectivity index (χ0n) is 10.2. The van der Waals surface area contributed by atoms with Crippen LogP contribution in [0.3, 0.4) is 0 Å². The van der Waals surface area contributed by atoms with Gasteiger partial charge in [0.2, 0.25) is 5.91 Å². The van der Waals surface area contributed by atoms with E-state index >= 15 is 0 Å². The highest BCUT2D eigenvalue weighted by Gasteiger charge is 2.44. The topological polar surface area (TPSA) is 58.4 Å². The summed E-state index contributed by atoms with van der Waals surface area (Å²) in [5.41, 5.74) is 6.08. The Hall–Kier alpha value is -0.610. The molecule has 3 N–H and O–H groups in total. The molecule has 1 saturated heterocycles. The fourth-order valence-electron chi connectivity index (χ4n) is 1.84. The quantitative estimate of drug-likeness (QED) is 0.700. The molecular weight excluding hydrogens is 190 g/mol. The van der Waals surface area contributed by atoms with Crippen molar-refractivity contribution >= 4 is 5.91 Å². The van der Waals surface area contributed by atoms with Gasteiger partial charge >= 0.3 is 0 Å². The first kappa shape index (κ1) is 12.5. The number of amides is 1. The molecule has 1 aliphatic heterocycles. The summed E-state index contributed by atoms with van der Waals surface area (Å²) in [6, 6.07) is -0.0552. The van der Waals surface area contributed by atoms with Crippen molar-refractivity contribution in [1.82, 2.24) is 10.2 Å². The van der Waals surface area contributed by atoms with E-state index in [1.54, 1.807) is 0 Å². The van der Waals surface area contributed by atoms with Gasteiger partial charge in [-0.3, -0.25) is 9.69 Å². The standard InChI is InChI=1S/C11H23N3O/c1-5-13-10(15)9(4)14-6-11(12,7-14)8(2)3/h8-9H,5-7,12H2,1-4H3,(H,13,15). The maximum absolute atomic E-state index is 11.6. The second kappa shape index (κ2) is 4.49. The molecule has 1 amide bonds. The fraction of sp³-hybridized carbons (Fsp3) is 0.909. The zero-order valence-corrected chi connectivity index (χ0v) is 10.2.